The Morgan fingerprint density at radius 1 is 1.37 bits per heavy atom. The summed E-state index contributed by atoms with van der Waals surface area (Å²) in [5, 5.41) is 21.6. The minimum absolute atomic E-state index is 0.0869. The van der Waals surface area contributed by atoms with Gasteiger partial charge in [0.25, 0.3) is 0 Å². The molecule has 3 aromatic rings. The average molecular weight is 473 g/mol. The second-order valence-electron chi connectivity index (χ2n) is 6.31. The normalized spacial score (nSPS) is 11.6. The first-order chi connectivity index (χ1) is 14.3. The van der Waals surface area contributed by atoms with E-state index in [4.69, 9.17) is 9.47 Å². The van der Waals surface area contributed by atoms with Crippen molar-refractivity contribution in [1.82, 2.24) is 25.2 Å². The molecule has 3 rings (SSSR count). The number of tetrazole rings is 1. The predicted octanol–water partition coefficient (Wildman–Crippen LogP) is 2.93. The summed E-state index contributed by atoms with van der Waals surface area (Å²) in [5.74, 6) is -0.0718. The highest BCUT2D eigenvalue weighted by molar-refractivity contribution is 9.10. The first-order valence-corrected chi connectivity index (χ1v) is 9.54. The molecule has 0 radical (unpaired) electrons. The number of nitriles is 1. The van der Waals surface area contributed by atoms with Crippen molar-refractivity contribution < 1.29 is 19.1 Å². The van der Waals surface area contributed by atoms with E-state index in [1.54, 1.807) is 32.0 Å². The monoisotopic (exact) mass is 472 g/mol. The van der Waals surface area contributed by atoms with E-state index in [2.05, 4.69) is 36.3 Å². The molecular formula is C19H17BrN6O4. The molecule has 2 heterocycles. The van der Waals surface area contributed by atoms with Gasteiger partial charge in [-0.25, -0.2) is 0 Å². The van der Waals surface area contributed by atoms with Crippen LogP contribution in [-0.2, 0) is 9.53 Å². The number of carbonyl (C=O) groups is 2. The molecule has 1 unspecified atom stereocenters. The minimum atomic E-state index is -0.757. The second kappa shape index (κ2) is 8.46. The van der Waals surface area contributed by atoms with Crippen LogP contribution in [0.4, 0.5) is 0 Å². The number of rotatable bonds is 6. The van der Waals surface area contributed by atoms with Crippen LogP contribution in [0.25, 0.3) is 11.5 Å². The second-order valence-corrected chi connectivity index (χ2v) is 7.16. The molecule has 0 fully saturated rings. The maximum atomic E-state index is 13.1. The van der Waals surface area contributed by atoms with E-state index >= 15 is 0 Å². The first kappa shape index (κ1) is 21.2. The van der Waals surface area contributed by atoms with E-state index in [0.717, 1.165) is 4.80 Å². The number of nitrogens with zero attached hydrogens (tertiary/aromatic N) is 5. The van der Waals surface area contributed by atoms with Crippen LogP contribution in [0.5, 0.6) is 5.75 Å². The third-order valence-corrected chi connectivity index (χ3v) is 4.94. The number of esters is 1. The van der Waals surface area contributed by atoms with Crippen molar-refractivity contribution in [3.8, 4) is 23.3 Å². The van der Waals surface area contributed by atoms with Gasteiger partial charge < -0.3 is 14.5 Å². The quantitative estimate of drug-likeness (QED) is 0.427. The van der Waals surface area contributed by atoms with Crippen LogP contribution in [0.2, 0.25) is 0 Å². The average Bonchev–Trinajstić information content (AvgIpc) is 3.31. The van der Waals surface area contributed by atoms with Crippen LogP contribution in [0, 0.1) is 18.3 Å². The topological polar surface area (TPSA) is 136 Å². The van der Waals surface area contributed by atoms with Gasteiger partial charge >= 0.3 is 5.97 Å². The number of aromatic amines is 1. The summed E-state index contributed by atoms with van der Waals surface area (Å²) in [4.78, 5) is 28.3. The lowest BCUT2D eigenvalue weighted by atomic mass is 9.99. The lowest BCUT2D eigenvalue weighted by molar-refractivity contribution is -0.151. The van der Waals surface area contributed by atoms with E-state index in [0.29, 0.717) is 27.0 Å². The Balaban J connectivity index is 2.01. The van der Waals surface area contributed by atoms with Crippen LogP contribution >= 0.6 is 15.9 Å². The number of methoxy groups -OCH3 is 1. The minimum Gasteiger partial charge on any atom is -0.496 e. The summed E-state index contributed by atoms with van der Waals surface area (Å²) in [5.41, 5.74) is 1.57. The lowest BCUT2D eigenvalue weighted by Crippen LogP contribution is -2.15. The largest absolute Gasteiger partial charge is 0.496 e. The van der Waals surface area contributed by atoms with Crippen molar-refractivity contribution in [2.24, 2.45) is 0 Å². The molecule has 1 atom stereocenters. The van der Waals surface area contributed by atoms with Crippen molar-refractivity contribution in [3.63, 3.8) is 0 Å². The van der Waals surface area contributed by atoms with Crippen molar-refractivity contribution in [3.05, 3.63) is 45.1 Å². The van der Waals surface area contributed by atoms with Crippen LogP contribution in [0.15, 0.2) is 22.7 Å². The van der Waals surface area contributed by atoms with Crippen LogP contribution in [0.3, 0.4) is 0 Å². The number of ketones is 1. The summed E-state index contributed by atoms with van der Waals surface area (Å²) in [7, 11) is 1.53. The van der Waals surface area contributed by atoms with E-state index < -0.39 is 12.2 Å². The maximum Gasteiger partial charge on any atom is 0.304 e. The predicted molar refractivity (Wildman–Crippen MR) is 108 cm³/mol. The number of halogens is 1. The molecule has 1 aromatic carbocycles. The van der Waals surface area contributed by atoms with Gasteiger partial charge in [-0.2, -0.15) is 5.26 Å². The fraction of sp³-hybridized carbons (Fsp3) is 0.263. The van der Waals surface area contributed by atoms with Crippen molar-refractivity contribution >= 4 is 27.7 Å². The van der Waals surface area contributed by atoms with Gasteiger partial charge in [-0.3, -0.25) is 9.59 Å². The molecule has 0 amide bonds. The summed E-state index contributed by atoms with van der Waals surface area (Å²) in [6, 6.07) is 6.92. The summed E-state index contributed by atoms with van der Waals surface area (Å²) in [6.45, 7) is 4.55. The molecule has 0 aliphatic rings. The molecule has 0 spiro atoms. The van der Waals surface area contributed by atoms with Crippen molar-refractivity contribution in [2.45, 2.75) is 27.0 Å². The number of H-pyrrole nitrogens is 1. The Morgan fingerprint density at radius 3 is 2.70 bits per heavy atom. The SMILES string of the molecule is COc1ccc(C(=O)c2c(C#N)[nH]c(-c3nnn(C(C)OC(C)=O)n3)c2C)cc1Br. The Kier molecular flexibility index (Phi) is 5.98. The number of ether oxygens (including phenoxy) is 2. The highest BCUT2D eigenvalue weighted by Gasteiger charge is 2.25. The van der Waals surface area contributed by atoms with E-state index in [1.165, 1.54) is 14.0 Å². The van der Waals surface area contributed by atoms with E-state index in [9.17, 15) is 14.9 Å². The standard InChI is InChI=1S/C19H17BrN6O4/c1-9-16(18(28)12-5-6-15(29-4)13(20)7-12)14(8-21)22-17(9)19-23-25-26(24-19)10(2)30-11(3)27/h5-7,10,22H,1-4H3. The first-order valence-electron chi connectivity index (χ1n) is 8.74. The molecule has 0 aliphatic heterocycles. The number of nitrogens with one attached hydrogen (secondary N) is 1. The molecule has 0 saturated heterocycles. The molecule has 154 valence electrons. The van der Waals surface area contributed by atoms with Gasteiger partial charge in [0.15, 0.2) is 5.78 Å². The number of carbonyl (C=O) groups excluding carboxylic acids is 2. The van der Waals surface area contributed by atoms with Crippen molar-refractivity contribution in [2.75, 3.05) is 7.11 Å². The Morgan fingerprint density at radius 2 is 2.10 bits per heavy atom. The number of hydrogen-bond acceptors (Lipinski definition) is 8. The zero-order chi connectivity index (χ0) is 22.0. The molecular weight excluding hydrogens is 456 g/mol. The maximum absolute atomic E-state index is 13.1. The number of hydrogen-bond donors (Lipinski definition) is 1. The Hall–Kier alpha value is -3.52. The van der Waals surface area contributed by atoms with Gasteiger partial charge in [-0.05, 0) is 58.8 Å². The summed E-state index contributed by atoms with van der Waals surface area (Å²) in [6.07, 6.45) is -0.757. The van der Waals surface area contributed by atoms with Crippen LogP contribution in [0.1, 0.15) is 47.3 Å². The molecule has 0 aliphatic carbocycles. The summed E-state index contributed by atoms with van der Waals surface area (Å²) >= 11 is 3.36. The van der Waals surface area contributed by atoms with Gasteiger partial charge in [0.05, 0.1) is 22.8 Å². The zero-order valence-electron chi connectivity index (χ0n) is 16.6. The van der Waals surface area contributed by atoms with Gasteiger partial charge in [-0.1, -0.05) is 0 Å². The van der Waals surface area contributed by atoms with Gasteiger partial charge in [0.2, 0.25) is 12.1 Å². The smallest absolute Gasteiger partial charge is 0.304 e. The van der Waals surface area contributed by atoms with Gasteiger partial charge in [0.1, 0.15) is 17.5 Å². The highest BCUT2D eigenvalue weighted by atomic mass is 79.9. The fourth-order valence-corrected chi connectivity index (χ4v) is 3.44. The molecule has 10 nitrogen and oxygen atoms in total. The number of benzene rings is 1. The van der Waals surface area contributed by atoms with E-state index in [-0.39, 0.29) is 22.9 Å². The van der Waals surface area contributed by atoms with Crippen LogP contribution < -0.4 is 4.74 Å². The highest BCUT2D eigenvalue weighted by Crippen LogP contribution is 2.30. The molecule has 1 N–H and O–H groups in total. The molecule has 30 heavy (non-hydrogen) atoms. The molecule has 0 bridgehead atoms. The molecule has 0 saturated carbocycles. The third-order valence-electron chi connectivity index (χ3n) is 4.32. The molecule has 2 aromatic heterocycles. The van der Waals surface area contributed by atoms with Gasteiger partial charge in [-0.15, -0.1) is 15.0 Å². The van der Waals surface area contributed by atoms with Crippen molar-refractivity contribution in [1.29, 1.82) is 5.26 Å². The lowest BCUT2D eigenvalue weighted by Gasteiger charge is -2.08. The Labute approximate surface area is 179 Å². The summed E-state index contributed by atoms with van der Waals surface area (Å²) < 4.78 is 10.8. The fourth-order valence-electron chi connectivity index (χ4n) is 2.90. The number of aromatic nitrogens is 5. The van der Waals surface area contributed by atoms with E-state index in [1.807, 2.05) is 6.07 Å². The van der Waals surface area contributed by atoms with Crippen LogP contribution in [-0.4, -0.2) is 44.1 Å². The van der Waals surface area contributed by atoms with Gasteiger partial charge in [0, 0.05) is 12.5 Å². The molecule has 11 heteroatoms. The third kappa shape index (κ3) is 3.95. The zero-order valence-corrected chi connectivity index (χ0v) is 18.1. The Bertz CT molecular complexity index is 1180.